The van der Waals surface area contributed by atoms with E-state index in [4.69, 9.17) is 4.74 Å². The Hall–Kier alpha value is -0.266. The molecule has 1 nitrogen and oxygen atoms in total. The van der Waals surface area contributed by atoms with Crippen molar-refractivity contribution in [3.63, 3.8) is 0 Å². The quantitative estimate of drug-likeness (QED) is 0.725. The van der Waals surface area contributed by atoms with Crippen molar-refractivity contribution in [2.24, 2.45) is 0 Å². The van der Waals surface area contributed by atoms with Crippen molar-refractivity contribution in [1.82, 2.24) is 0 Å². The zero-order valence-electron chi connectivity index (χ0n) is 9.99. The van der Waals surface area contributed by atoms with Crippen molar-refractivity contribution < 1.29 is 13.6 Å². The van der Waals surface area contributed by atoms with E-state index in [0.29, 0.717) is 3.91 Å². The summed E-state index contributed by atoms with van der Waals surface area (Å²) in [6, 6.07) is 10.9. The second-order valence-corrected chi connectivity index (χ2v) is 47.4. The van der Waals surface area contributed by atoms with E-state index < -0.39 is 8.89 Å². The molecule has 0 radical (unpaired) electrons. The molecule has 11 rings (SSSR count). The minimum absolute atomic E-state index is 0.623. The molecule has 10 aliphatic rings. The Morgan fingerprint density at radius 1 is 0.778 bits per heavy atom. The van der Waals surface area contributed by atoms with E-state index in [1.807, 2.05) is 0 Å². The Balaban J connectivity index is 1.43. The zero-order chi connectivity index (χ0) is 10.8. The molecule has 0 bridgehead atoms. The van der Waals surface area contributed by atoms with Gasteiger partial charge in [-0.2, -0.15) is 0 Å². The summed E-state index contributed by atoms with van der Waals surface area (Å²) in [5.74, 6) is 1.22. The Labute approximate surface area is 91.4 Å². The molecule has 0 saturated carbocycles. The van der Waals surface area contributed by atoms with E-state index in [1.54, 1.807) is 0 Å². The fourth-order valence-electron chi connectivity index (χ4n) is 24.4. The van der Waals surface area contributed by atoms with E-state index in [9.17, 15) is 0 Å². The van der Waals surface area contributed by atoms with Crippen molar-refractivity contribution in [3.05, 3.63) is 30.3 Å². The van der Waals surface area contributed by atoms with Gasteiger partial charge < -0.3 is 0 Å². The van der Waals surface area contributed by atoms with Crippen molar-refractivity contribution >= 4 is 0 Å². The average molecular weight is 270 g/mol. The van der Waals surface area contributed by atoms with Gasteiger partial charge in [0, 0.05) is 0 Å². The minimum atomic E-state index is -3.35. The van der Waals surface area contributed by atoms with Crippen LogP contribution in [0.1, 0.15) is 0 Å². The van der Waals surface area contributed by atoms with Gasteiger partial charge in [-0.3, -0.25) is 0 Å². The summed E-state index contributed by atoms with van der Waals surface area (Å²) in [7, 11) is -3.35. The van der Waals surface area contributed by atoms with E-state index in [0.717, 1.165) is 0 Å². The number of fused-ring (bicyclic) bond motifs is 10. The van der Waals surface area contributed by atoms with E-state index in [2.05, 4.69) is 30.3 Å². The van der Waals surface area contributed by atoms with E-state index >= 15 is 0 Å². The van der Waals surface area contributed by atoms with Gasteiger partial charge in [0.25, 0.3) is 0 Å². The molecular weight excluding hydrogens is 256 g/mol. The third kappa shape index (κ3) is 0.0670. The summed E-state index contributed by atoms with van der Waals surface area (Å²) in [6.45, 7) is 0. The first-order valence-electron chi connectivity index (χ1n) is 8.41. The van der Waals surface area contributed by atoms with Gasteiger partial charge in [-0.1, -0.05) is 0 Å². The maximum absolute atomic E-state index is 6.90. The van der Waals surface area contributed by atoms with Crippen molar-refractivity contribution in [1.29, 1.82) is 0 Å². The fraction of sp³-hybridized carbons (Fsp3) is 0.625. The molecule has 2 heteroatoms. The van der Waals surface area contributed by atoms with Crippen LogP contribution in [0.3, 0.4) is 0 Å². The normalized spacial score (nSPS) is 113. The van der Waals surface area contributed by atoms with Gasteiger partial charge in [-0.05, 0) is 0 Å². The number of hydrogen-bond donors (Lipinski definition) is 0. The number of rotatable bonds is 2. The molecule has 4 unspecified atom stereocenters. The summed E-state index contributed by atoms with van der Waals surface area (Å²) in [6.07, 6.45) is 0. The molecular formula is C16H14OTi. The van der Waals surface area contributed by atoms with Crippen molar-refractivity contribution in [3.8, 4) is 5.75 Å². The Morgan fingerprint density at radius 3 is 1.72 bits per heavy atom. The number of para-hydroxylation sites is 1. The van der Waals surface area contributed by atoms with E-state index in [1.165, 1.54) is 43.8 Å². The van der Waals surface area contributed by atoms with Crippen molar-refractivity contribution in [2.45, 2.75) is 41.9 Å². The standard InChI is InChI=1S/C11H9O.C5H5.Ti/c1-2-6-10(7-3-1)12-11-8-4-5-9-11;1-2-4-5-3-1;/h1-9H;1-5H;. The van der Waals surface area contributed by atoms with Crippen LogP contribution in [0.25, 0.3) is 0 Å². The first-order valence-corrected chi connectivity index (χ1v) is 17.3. The fourth-order valence-corrected chi connectivity index (χ4v) is 144. The van der Waals surface area contributed by atoms with Crippen molar-refractivity contribution in [2.75, 3.05) is 0 Å². The van der Waals surface area contributed by atoms with Crippen LogP contribution in [0, 0.1) is 0 Å². The molecule has 1 aromatic carbocycles. The van der Waals surface area contributed by atoms with Gasteiger partial charge in [-0.25, -0.2) is 0 Å². The predicted octanol–water partition coefficient (Wildman–Crippen LogP) is 4.36. The number of benzene rings is 1. The molecule has 0 aromatic heterocycles. The number of hydrogen-bond acceptors (Lipinski definition) is 1. The summed E-state index contributed by atoms with van der Waals surface area (Å²) in [5.41, 5.74) is 0. The van der Waals surface area contributed by atoms with Gasteiger partial charge in [0.05, 0.1) is 0 Å². The third-order valence-electron chi connectivity index (χ3n) is 21.1. The van der Waals surface area contributed by atoms with Crippen LogP contribution in [0.4, 0.5) is 0 Å². The molecule has 10 fully saturated rings. The molecule has 88 valence electrons. The summed E-state index contributed by atoms with van der Waals surface area (Å²) in [4.78, 5) is 0. The van der Waals surface area contributed by atoms with E-state index in [-0.39, 0.29) is 0 Å². The molecule has 1 aromatic rings. The molecule has 4 atom stereocenters. The van der Waals surface area contributed by atoms with Gasteiger partial charge in [-0.15, -0.1) is 0 Å². The molecule has 0 amide bonds. The maximum atomic E-state index is 6.90. The number of ether oxygens (including phenoxy) is 1. The zero-order valence-corrected chi connectivity index (χ0v) is 11.6. The topological polar surface area (TPSA) is 9.23 Å². The van der Waals surface area contributed by atoms with Gasteiger partial charge in [0.1, 0.15) is 0 Å². The van der Waals surface area contributed by atoms with Crippen LogP contribution in [0.2, 0.25) is 38.0 Å². The Morgan fingerprint density at radius 2 is 1.33 bits per heavy atom. The second-order valence-electron chi connectivity index (χ2n) is 14.1. The SMILES string of the molecule is c1ccc(O[C]23[CH]4[CH]5[CH]6[CH]2[Ti]56432789[CH]3[CH]2[CH]7[CH]8[CH]39)cc1. The summed E-state index contributed by atoms with van der Waals surface area (Å²) in [5, 5.41) is 0. The summed E-state index contributed by atoms with van der Waals surface area (Å²) >= 11 is 0. The molecule has 10 heterocycles. The molecule has 0 N–H and O–H groups in total. The molecule has 0 aliphatic carbocycles. The average Bonchev–Trinajstić information content (AvgIpc) is 3.34. The van der Waals surface area contributed by atoms with Crippen LogP contribution < -0.4 is 4.74 Å². The van der Waals surface area contributed by atoms with Crippen LogP contribution >= 0.6 is 0 Å². The second kappa shape index (κ2) is 0.551. The van der Waals surface area contributed by atoms with Crippen LogP contribution in [0.15, 0.2) is 30.3 Å². The van der Waals surface area contributed by atoms with Gasteiger partial charge in [0.2, 0.25) is 0 Å². The van der Waals surface area contributed by atoms with Crippen LogP contribution in [0.5, 0.6) is 5.75 Å². The first-order chi connectivity index (χ1) is 8.62. The van der Waals surface area contributed by atoms with Crippen LogP contribution in [-0.4, -0.2) is 3.91 Å². The Kier molecular flexibility index (Phi) is 0.198. The molecule has 18 heavy (non-hydrogen) atoms. The van der Waals surface area contributed by atoms with Gasteiger partial charge >= 0.3 is 91.6 Å². The summed E-state index contributed by atoms with van der Waals surface area (Å²) < 4.78 is 19.9. The monoisotopic (exact) mass is 270 g/mol. The predicted molar refractivity (Wildman–Crippen MR) is 63.6 cm³/mol. The van der Waals surface area contributed by atoms with Gasteiger partial charge in [0.15, 0.2) is 0 Å². The molecule has 10 saturated heterocycles. The molecule has 10 aliphatic heterocycles. The first kappa shape index (κ1) is 6.46. The Bertz CT molecular complexity index is 1040. The molecule has 1 spiro atoms. The van der Waals surface area contributed by atoms with Crippen LogP contribution in [-0.2, 0) is 8.89 Å². The third-order valence-corrected chi connectivity index (χ3v) is 80.3.